The summed E-state index contributed by atoms with van der Waals surface area (Å²) in [7, 11) is 0. The summed E-state index contributed by atoms with van der Waals surface area (Å²) in [4.78, 5) is 11.2. The Bertz CT molecular complexity index is 255. The summed E-state index contributed by atoms with van der Waals surface area (Å²) in [6.45, 7) is 0.415. The minimum atomic E-state index is -5.00. The molecule has 1 fully saturated rings. The van der Waals surface area contributed by atoms with Gasteiger partial charge in [0.1, 0.15) is 6.10 Å². The van der Waals surface area contributed by atoms with E-state index in [1.165, 1.54) is 0 Å². The van der Waals surface area contributed by atoms with E-state index in [2.05, 4.69) is 4.74 Å². The Balaban J connectivity index is 2.57. The lowest BCUT2D eigenvalue weighted by Gasteiger charge is -2.28. The Labute approximate surface area is 91.6 Å². The molecule has 1 atom stereocenters. The van der Waals surface area contributed by atoms with Crippen molar-refractivity contribution in [3.05, 3.63) is 0 Å². The number of hydrogen-bond acceptors (Lipinski definition) is 3. The van der Waals surface area contributed by atoms with Gasteiger partial charge >= 0.3 is 12.1 Å². The molecule has 16 heavy (non-hydrogen) atoms. The molecule has 0 radical (unpaired) electrons. The largest absolute Gasteiger partial charge is 0.460 e. The fourth-order valence-electron chi connectivity index (χ4n) is 1.56. The predicted octanol–water partition coefficient (Wildman–Crippen LogP) is 2.18. The van der Waals surface area contributed by atoms with E-state index in [-0.39, 0.29) is 0 Å². The highest BCUT2D eigenvalue weighted by molar-refractivity contribution is 5.80. The standard InChI is InChI=1S/C10H15F3O3/c1-9(15,10(11,12)13)8(14)16-7-5-3-2-4-6-7/h7,15H,2-6H2,1H3. The Hall–Kier alpha value is -0.780. The van der Waals surface area contributed by atoms with E-state index >= 15 is 0 Å². The van der Waals surface area contributed by atoms with Gasteiger partial charge in [-0.25, -0.2) is 4.79 Å². The van der Waals surface area contributed by atoms with Gasteiger partial charge in [0, 0.05) is 0 Å². The molecule has 1 N–H and O–H groups in total. The lowest BCUT2D eigenvalue weighted by Crippen LogP contribution is -2.51. The second-order valence-electron chi connectivity index (χ2n) is 4.24. The molecule has 1 saturated carbocycles. The van der Waals surface area contributed by atoms with Crippen LogP contribution >= 0.6 is 0 Å². The van der Waals surface area contributed by atoms with Crippen LogP contribution in [0.3, 0.4) is 0 Å². The van der Waals surface area contributed by atoms with Gasteiger partial charge in [0.15, 0.2) is 0 Å². The molecule has 1 unspecified atom stereocenters. The van der Waals surface area contributed by atoms with Crippen LogP contribution in [0.1, 0.15) is 39.0 Å². The fourth-order valence-corrected chi connectivity index (χ4v) is 1.56. The molecular formula is C10H15F3O3. The number of ether oxygens (including phenoxy) is 1. The van der Waals surface area contributed by atoms with Gasteiger partial charge in [-0.15, -0.1) is 0 Å². The maximum Gasteiger partial charge on any atom is 0.427 e. The number of hydrogen-bond donors (Lipinski definition) is 1. The van der Waals surface area contributed by atoms with Crippen LogP contribution < -0.4 is 0 Å². The highest BCUT2D eigenvalue weighted by atomic mass is 19.4. The third kappa shape index (κ3) is 2.87. The molecule has 0 saturated heterocycles. The molecule has 3 nitrogen and oxygen atoms in total. The van der Waals surface area contributed by atoms with Crippen molar-refractivity contribution in [1.82, 2.24) is 0 Å². The van der Waals surface area contributed by atoms with E-state index in [0.29, 0.717) is 19.8 Å². The number of alkyl halides is 3. The van der Waals surface area contributed by atoms with Gasteiger partial charge in [-0.1, -0.05) is 6.42 Å². The molecular weight excluding hydrogens is 225 g/mol. The van der Waals surface area contributed by atoms with Gasteiger partial charge in [0.2, 0.25) is 0 Å². The lowest BCUT2D eigenvalue weighted by atomic mass is 9.97. The smallest absolute Gasteiger partial charge is 0.427 e. The maximum absolute atomic E-state index is 12.3. The van der Waals surface area contributed by atoms with Gasteiger partial charge in [-0.05, 0) is 32.6 Å². The number of esters is 1. The molecule has 1 aliphatic carbocycles. The summed E-state index contributed by atoms with van der Waals surface area (Å²) < 4.78 is 41.5. The molecule has 6 heteroatoms. The fraction of sp³-hybridized carbons (Fsp3) is 0.900. The Morgan fingerprint density at radius 3 is 2.19 bits per heavy atom. The van der Waals surface area contributed by atoms with Crippen LogP contribution in [0.15, 0.2) is 0 Å². The van der Waals surface area contributed by atoms with Crippen molar-refractivity contribution in [2.75, 3.05) is 0 Å². The Kier molecular flexibility index (Phi) is 3.83. The lowest BCUT2D eigenvalue weighted by molar-refractivity contribution is -0.259. The number of rotatable bonds is 2. The van der Waals surface area contributed by atoms with Crippen molar-refractivity contribution < 1.29 is 27.8 Å². The van der Waals surface area contributed by atoms with Crippen molar-refractivity contribution in [2.24, 2.45) is 0 Å². The van der Waals surface area contributed by atoms with E-state index in [1.54, 1.807) is 0 Å². The van der Waals surface area contributed by atoms with Crippen LogP contribution in [0, 0.1) is 0 Å². The van der Waals surface area contributed by atoms with Gasteiger partial charge < -0.3 is 9.84 Å². The molecule has 1 aliphatic rings. The zero-order valence-electron chi connectivity index (χ0n) is 9.01. The molecule has 0 aromatic heterocycles. The second kappa shape index (κ2) is 4.61. The quantitative estimate of drug-likeness (QED) is 0.752. The van der Waals surface area contributed by atoms with Crippen LogP contribution in [0.4, 0.5) is 13.2 Å². The first-order valence-electron chi connectivity index (χ1n) is 5.25. The highest BCUT2D eigenvalue weighted by Crippen LogP contribution is 2.32. The van der Waals surface area contributed by atoms with Crippen molar-refractivity contribution >= 4 is 5.97 Å². The molecule has 0 aromatic rings. The van der Waals surface area contributed by atoms with Gasteiger partial charge in [-0.2, -0.15) is 13.2 Å². The van der Waals surface area contributed by atoms with E-state index in [0.717, 1.165) is 19.3 Å². The van der Waals surface area contributed by atoms with Crippen molar-refractivity contribution in [1.29, 1.82) is 0 Å². The summed E-state index contributed by atoms with van der Waals surface area (Å²) in [5, 5.41) is 9.05. The topological polar surface area (TPSA) is 46.5 Å². The number of halogens is 3. The highest BCUT2D eigenvalue weighted by Gasteiger charge is 2.57. The second-order valence-corrected chi connectivity index (χ2v) is 4.24. The van der Waals surface area contributed by atoms with E-state index in [4.69, 9.17) is 5.11 Å². The number of aliphatic hydroxyl groups is 1. The molecule has 94 valence electrons. The Morgan fingerprint density at radius 2 is 1.75 bits per heavy atom. The summed E-state index contributed by atoms with van der Waals surface area (Å²) in [6, 6.07) is 0. The van der Waals surface area contributed by atoms with Gasteiger partial charge in [-0.3, -0.25) is 0 Å². The SMILES string of the molecule is CC(O)(C(=O)OC1CCCCC1)C(F)(F)F. The normalized spacial score (nSPS) is 22.6. The van der Waals surface area contributed by atoms with Crippen LogP contribution in [-0.4, -0.2) is 29.0 Å². The molecule has 0 heterocycles. The van der Waals surface area contributed by atoms with Crippen LogP contribution in [0.25, 0.3) is 0 Å². The third-order valence-electron chi connectivity index (χ3n) is 2.78. The number of carbonyl (C=O) groups excluding carboxylic acids is 1. The first-order chi connectivity index (χ1) is 7.25. The molecule has 0 spiro atoms. The predicted molar refractivity (Wildman–Crippen MR) is 49.6 cm³/mol. The monoisotopic (exact) mass is 240 g/mol. The van der Waals surface area contributed by atoms with Crippen LogP contribution in [0.2, 0.25) is 0 Å². The van der Waals surface area contributed by atoms with E-state index in [1.807, 2.05) is 0 Å². The zero-order valence-corrected chi connectivity index (χ0v) is 9.01. The minimum Gasteiger partial charge on any atom is -0.460 e. The number of carbonyl (C=O) groups is 1. The third-order valence-corrected chi connectivity index (χ3v) is 2.78. The summed E-state index contributed by atoms with van der Waals surface area (Å²) in [6.07, 6.45) is -1.67. The van der Waals surface area contributed by atoms with Crippen molar-refractivity contribution in [3.63, 3.8) is 0 Å². The zero-order chi connectivity index (χ0) is 12.4. The first-order valence-corrected chi connectivity index (χ1v) is 5.25. The van der Waals surface area contributed by atoms with E-state index < -0.39 is 23.9 Å². The van der Waals surface area contributed by atoms with E-state index in [9.17, 15) is 18.0 Å². The molecule has 0 aliphatic heterocycles. The summed E-state index contributed by atoms with van der Waals surface area (Å²) in [5.74, 6) is -1.60. The molecule has 0 aromatic carbocycles. The average Bonchev–Trinajstić information content (AvgIpc) is 2.17. The van der Waals surface area contributed by atoms with Crippen LogP contribution in [0.5, 0.6) is 0 Å². The Morgan fingerprint density at radius 1 is 1.25 bits per heavy atom. The summed E-state index contributed by atoms with van der Waals surface area (Å²) in [5.41, 5.74) is -3.41. The minimum absolute atomic E-state index is 0.415. The molecule has 0 bridgehead atoms. The maximum atomic E-state index is 12.3. The molecule has 1 rings (SSSR count). The average molecular weight is 240 g/mol. The van der Waals surface area contributed by atoms with Gasteiger partial charge in [0.25, 0.3) is 5.60 Å². The van der Waals surface area contributed by atoms with Crippen LogP contribution in [-0.2, 0) is 9.53 Å². The van der Waals surface area contributed by atoms with Crippen molar-refractivity contribution in [2.45, 2.75) is 56.9 Å². The van der Waals surface area contributed by atoms with Crippen molar-refractivity contribution in [3.8, 4) is 0 Å². The van der Waals surface area contributed by atoms with Gasteiger partial charge in [0.05, 0.1) is 0 Å². The molecule has 0 amide bonds. The first kappa shape index (κ1) is 13.3. The summed E-state index contributed by atoms with van der Waals surface area (Å²) >= 11 is 0.